The minimum atomic E-state index is -0.461. The molecule has 3 rings (SSSR count). The van der Waals surface area contributed by atoms with E-state index in [4.69, 9.17) is 4.42 Å². The van der Waals surface area contributed by atoms with E-state index in [-0.39, 0.29) is 12.5 Å². The van der Waals surface area contributed by atoms with Crippen molar-refractivity contribution in [1.29, 1.82) is 0 Å². The van der Waals surface area contributed by atoms with Gasteiger partial charge in [-0.05, 0) is 25.0 Å². The maximum absolute atomic E-state index is 12.5. The largest absolute Gasteiger partial charge is 0.420 e. The van der Waals surface area contributed by atoms with Crippen LogP contribution in [0.3, 0.4) is 0 Å². The van der Waals surface area contributed by atoms with Crippen LogP contribution in [0.1, 0.15) is 32.1 Å². The summed E-state index contributed by atoms with van der Waals surface area (Å²) in [6, 6.07) is 7.21. The highest BCUT2D eigenvalue weighted by molar-refractivity contribution is 5.79. The number of benzene rings is 1. The molecule has 0 N–H and O–H groups in total. The average molecular weight is 288 g/mol. The molecule has 1 aliphatic rings. The van der Waals surface area contributed by atoms with Gasteiger partial charge in [-0.1, -0.05) is 31.4 Å². The second-order valence-corrected chi connectivity index (χ2v) is 5.57. The third kappa shape index (κ3) is 3.01. The molecule has 0 radical (unpaired) electrons. The van der Waals surface area contributed by atoms with E-state index in [1.165, 1.54) is 23.8 Å². The van der Waals surface area contributed by atoms with Crippen LogP contribution >= 0.6 is 0 Å². The van der Waals surface area contributed by atoms with Gasteiger partial charge in [0.2, 0.25) is 5.91 Å². The SMILES string of the molecule is O=C(Cn1c(=O)oc2ccccc21)N1CCCCCCC1. The monoisotopic (exact) mass is 288 g/mol. The topological polar surface area (TPSA) is 55.5 Å². The van der Waals surface area contributed by atoms with Gasteiger partial charge in [0.15, 0.2) is 5.58 Å². The quantitative estimate of drug-likeness (QED) is 0.852. The van der Waals surface area contributed by atoms with Crippen LogP contribution in [0.5, 0.6) is 0 Å². The zero-order valence-corrected chi connectivity index (χ0v) is 12.1. The second-order valence-electron chi connectivity index (χ2n) is 5.57. The minimum absolute atomic E-state index is 0.00514. The highest BCUT2D eigenvalue weighted by Crippen LogP contribution is 2.14. The van der Waals surface area contributed by atoms with E-state index in [1.54, 1.807) is 12.1 Å². The number of fused-ring (bicyclic) bond motifs is 1. The van der Waals surface area contributed by atoms with Crippen molar-refractivity contribution in [1.82, 2.24) is 9.47 Å². The van der Waals surface area contributed by atoms with Gasteiger partial charge in [-0.25, -0.2) is 4.79 Å². The number of para-hydroxylation sites is 2. The Balaban J connectivity index is 1.79. The lowest BCUT2D eigenvalue weighted by Crippen LogP contribution is -2.37. The van der Waals surface area contributed by atoms with Gasteiger partial charge < -0.3 is 9.32 Å². The molecule has 1 saturated heterocycles. The lowest BCUT2D eigenvalue weighted by atomic mass is 10.1. The van der Waals surface area contributed by atoms with Crippen molar-refractivity contribution in [2.24, 2.45) is 0 Å². The fraction of sp³-hybridized carbons (Fsp3) is 0.500. The number of hydrogen-bond acceptors (Lipinski definition) is 3. The van der Waals surface area contributed by atoms with Gasteiger partial charge in [0.05, 0.1) is 5.52 Å². The van der Waals surface area contributed by atoms with Gasteiger partial charge in [-0.15, -0.1) is 0 Å². The number of hydrogen-bond donors (Lipinski definition) is 0. The number of nitrogens with zero attached hydrogens (tertiary/aromatic N) is 2. The number of carbonyl (C=O) groups excluding carboxylic acids is 1. The minimum Gasteiger partial charge on any atom is -0.408 e. The van der Waals surface area contributed by atoms with Gasteiger partial charge in [-0.2, -0.15) is 0 Å². The molecule has 0 saturated carbocycles. The summed E-state index contributed by atoms with van der Waals surface area (Å²) in [4.78, 5) is 26.2. The molecule has 0 atom stereocenters. The van der Waals surface area contributed by atoms with Crippen molar-refractivity contribution >= 4 is 17.0 Å². The lowest BCUT2D eigenvalue weighted by Gasteiger charge is -2.24. The second kappa shape index (κ2) is 6.16. The van der Waals surface area contributed by atoms with Crippen molar-refractivity contribution in [2.45, 2.75) is 38.6 Å². The van der Waals surface area contributed by atoms with Crippen molar-refractivity contribution in [3.8, 4) is 0 Å². The lowest BCUT2D eigenvalue weighted by molar-refractivity contribution is -0.132. The Morgan fingerprint density at radius 3 is 2.48 bits per heavy atom. The molecule has 1 amide bonds. The van der Waals surface area contributed by atoms with Crippen LogP contribution in [0.4, 0.5) is 0 Å². The van der Waals surface area contributed by atoms with Gasteiger partial charge in [0.25, 0.3) is 0 Å². The number of amides is 1. The van der Waals surface area contributed by atoms with Crippen LogP contribution in [-0.4, -0.2) is 28.5 Å². The smallest absolute Gasteiger partial charge is 0.408 e. The maximum atomic E-state index is 12.5. The van der Waals surface area contributed by atoms with E-state index < -0.39 is 5.76 Å². The molecular formula is C16H20N2O3. The third-order valence-corrected chi connectivity index (χ3v) is 4.08. The van der Waals surface area contributed by atoms with Crippen LogP contribution in [0, 0.1) is 0 Å². The Kier molecular flexibility index (Phi) is 4.08. The number of likely N-dealkylation sites (tertiary alicyclic amines) is 1. The normalized spacial score (nSPS) is 16.7. The first-order chi connectivity index (χ1) is 10.3. The van der Waals surface area contributed by atoms with E-state index >= 15 is 0 Å². The van der Waals surface area contributed by atoms with Crippen LogP contribution in [-0.2, 0) is 11.3 Å². The molecule has 0 bridgehead atoms. The highest BCUT2D eigenvalue weighted by atomic mass is 16.4. The number of oxazole rings is 1. The van der Waals surface area contributed by atoms with E-state index in [0.29, 0.717) is 11.1 Å². The van der Waals surface area contributed by atoms with Gasteiger partial charge in [-0.3, -0.25) is 9.36 Å². The number of carbonyl (C=O) groups is 1. The Morgan fingerprint density at radius 1 is 1.05 bits per heavy atom. The third-order valence-electron chi connectivity index (χ3n) is 4.08. The Bertz CT molecular complexity index is 678. The molecule has 5 nitrogen and oxygen atoms in total. The van der Waals surface area contributed by atoms with E-state index in [1.807, 2.05) is 17.0 Å². The predicted octanol–water partition coefficient (Wildman–Crippen LogP) is 2.39. The van der Waals surface area contributed by atoms with Crippen LogP contribution in [0.15, 0.2) is 33.5 Å². The van der Waals surface area contributed by atoms with E-state index in [0.717, 1.165) is 25.9 Å². The fourth-order valence-electron chi connectivity index (χ4n) is 2.90. The summed E-state index contributed by atoms with van der Waals surface area (Å²) < 4.78 is 6.60. The van der Waals surface area contributed by atoms with Crippen molar-refractivity contribution in [3.05, 3.63) is 34.8 Å². The first-order valence-electron chi connectivity index (χ1n) is 7.62. The zero-order valence-electron chi connectivity index (χ0n) is 12.1. The first kappa shape index (κ1) is 13.9. The summed E-state index contributed by atoms with van der Waals surface area (Å²) in [6.45, 7) is 1.66. The molecule has 1 aromatic heterocycles. The van der Waals surface area contributed by atoms with E-state index in [2.05, 4.69) is 0 Å². The molecule has 1 aliphatic heterocycles. The number of aromatic nitrogens is 1. The molecule has 112 valence electrons. The first-order valence-corrected chi connectivity index (χ1v) is 7.62. The molecule has 5 heteroatoms. The molecule has 21 heavy (non-hydrogen) atoms. The molecule has 1 aromatic carbocycles. The maximum Gasteiger partial charge on any atom is 0.420 e. The zero-order chi connectivity index (χ0) is 14.7. The van der Waals surface area contributed by atoms with Crippen molar-refractivity contribution in [3.63, 3.8) is 0 Å². The summed E-state index contributed by atoms with van der Waals surface area (Å²) in [5.41, 5.74) is 1.21. The molecule has 0 aliphatic carbocycles. The van der Waals surface area contributed by atoms with Crippen LogP contribution < -0.4 is 5.76 Å². The summed E-state index contributed by atoms with van der Waals surface area (Å²) in [7, 11) is 0. The van der Waals surface area contributed by atoms with Gasteiger partial charge in [0.1, 0.15) is 6.54 Å². The van der Waals surface area contributed by atoms with Crippen LogP contribution in [0.25, 0.3) is 11.1 Å². The molecule has 2 aromatic rings. The summed E-state index contributed by atoms with van der Waals surface area (Å²) in [6.07, 6.45) is 5.71. The Hall–Kier alpha value is -2.04. The van der Waals surface area contributed by atoms with Crippen LogP contribution in [0.2, 0.25) is 0 Å². The molecular weight excluding hydrogens is 268 g/mol. The van der Waals surface area contributed by atoms with Gasteiger partial charge in [0, 0.05) is 13.1 Å². The Labute approximate surface area is 123 Å². The molecule has 2 heterocycles. The molecule has 1 fully saturated rings. The van der Waals surface area contributed by atoms with Crippen molar-refractivity contribution in [2.75, 3.05) is 13.1 Å². The summed E-state index contributed by atoms with van der Waals surface area (Å²) in [5, 5.41) is 0. The Morgan fingerprint density at radius 2 is 1.71 bits per heavy atom. The predicted molar refractivity (Wildman–Crippen MR) is 80.1 cm³/mol. The summed E-state index contributed by atoms with van der Waals surface area (Å²) >= 11 is 0. The fourth-order valence-corrected chi connectivity index (χ4v) is 2.90. The summed E-state index contributed by atoms with van der Waals surface area (Å²) in [5.74, 6) is -0.456. The van der Waals surface area contributed by atoms with Crippen molar-refractivity contribution < 1.29 is 9.21 Å². The average Bonchev–Trinajstić information content (AvgIpc) is 2.75. The standard InChI is InChI=1S/C16H20N2O3/c19-15(17-10-6-2-1-3-7-11-17)12-18-13-8-4-5-9-14(13)21-16(18)20/h4-5,8-9H,1-3,6-7,10-12H2. The molecule has 0 unspecified atom stereocenters. The molecule has 0 spiro atoms. The highest BCUT2D eigenvalue weighted by Gasteiger charge is 2.18. The van der Waals surface area contributed by atoms with E-state index in [9.17, 15) is 9.59 Å². The van der Waals surface area contributed by atoms with Gasteiger partial charge >= 0.3 is 5.76 Å². The number of rotatable bonds is 2.